The molecule has 0 radical (unpaired) electrons. The van der Waals surface area contributed by atoms with Gasteiger partial charge in [0.25, 0.3) is 5.91 Å². The van der Waals surface area contributed by atoms with Crippen LogP contribution in [0, 0.1) is 0 Å². The summed E-state index contributed by atoms with van der Waals surface area (Å²) in [6.45, 7) is 0. The van der Waals surface area contributed by atoms with Gasteiger partial charge in [-0.15, -0.1) is 0 Å². The number of nitrogens with one attached hydrogen (secondary N) is 2. The highest BCUT2D eigenvalue weighted by molar-refractivity contribution is 8.04. The molecule has 2 heterocycles. The Labute approximate surface area is 172 Å². The van der Waals surface area contributed by atoms with Crippen molar-refractivity contribution >= 4 is 40.3 Å². The van der Waals surface area contributed by atoms with Crippen molar-refractivity contribution in [3.8, 4) is 17.0 Å². The number of aromatic amines is 1. The van der Waals surface area contributed by atoms with E-state index < -0.39 is 0 Å². The van der Waals surface area contributed by atoms with Crippen molar-refractivity contribution in [3.63, 3.8) is 0 Å². The first-order valence-electron chi connectivity index (χ1n) is 9.28. The van der Waals surface area contributed by atoms with Crippen LogP contribution in [-0.2, 0) is 4.79 Å². The predicted octanol–water partition coefficient (Wildman–Crippen LogP) is 5.93. The van der Waals surface area contributed by atoms with Crippen LogP contribution >= 0.6 is 11.8 Å². The Hall–Kier alpha value is -3.44. The van der Waals surface area contributed by atoms with Gasteiger partial charge < -0.3 is 15.0 Å². The number of rotatable bonds is 3. The summed E-state index contributed by atoms with van der Waals surface area (Å²) in [5.74, 6) is 0.687. The number of amides is 1. The monoisotopic (exact) mass is 398 g/mol. The second-order valence-electron chi connectivity index (χ2n) is 6.75. The van der Waals surface area contributed by atoms with Gasteiger partial charge >= 0.3 is 0 Å². The number of thioether (sulfide) groups is 1. The van der Waals surface area contributed by atoms with E-state index in [4.69, 9.17) is 4.74 Å². The summed E-state index contributed by atoms with van der Waals surface area (Å²) >= 11 is 1.49. The van der Waals surface area contributed by atoms with Crippen LogP contribution in [-0.4, -0.2) is 18.0 Å². The highest BCUT2D eigenvalue weighted by Crippen LogP contribution is 2.41. The molecule has 0 bridgehead atoms. The molecule has 5 heteroatoms. The first-order chi connectivity index (χ1) is 14.2. The van der Waals surface area contributed by atoms with Gasteiger partial charge in [0, 0.05) is 21.4 Å². The van der Waals surface area contributed by atoms with Gasteiger partial charge in [0.15, 0.2) is 0 Å². The number of carbonyl (C=O) groups excluding carboxylic acids is 1. The maximum Gasteiger partial charge on any atom is 0.262 e. The molecule has 1 aliphatic heterocycles. The third-order valence-electron chi connectivity index (χ3n) is 4.96. The molecule has 0 saturated heterocycles. The standard InChI is InChI=1S/C24H18N2O2S/c1-28-16-11-12-19-17(13-16)18(23(25-19)15-7-3-2-4-8-15)14-22-24(27)26-20-9-5-6-10-21(20)29-22/h2-14,25H,1H3,(H,26,27)/b22-14-. The van der Waals surface area contributed by atoms with E-state index in [1.54, 1.807) is 7.11 Å². The maximum absolute atomic E-state index is 12.8. The highest BCUT2D eigenvalue weighted by atomic mass is 32.2. The van der Waals surface area contributed by atoms with E-state index in [-0.39, 0.29) is 5.91 Å². The van der Waals surface area contributed by atoms with Gasteiger partial charge in [0.05, 0.1) is 23.4 Å². The Morgan fingerprint density at radius 1 is 0.966 bits per heavy atom. The number of aromatic nitrogens is 1. The zero-order chi connectivity index (χ0) is 19.8. The van der Waals surface area contributed by atoms with Gasteiger partial charge in [-0.3, -0.25) is 4.79 Å². The summed E-state index contributed by atoms with van der Waals surface area (Å²) in [6, 6.07) is 23.9. The summed E-state index contributed by atoms with van der Waals surface area (Å²) < 4.78 is 5.43. The third kappa shape index (κ3) is 3.19. The van der Waals surface area contributed by atoms with Crippen LogP contribution in [0.2, 0.25) is 0 Å². The van der Waals surface area contributed by atoms with Crippen molar-refractivity contribution in [2.75, 3.05) is 12.4 Å². The maximum atomic E-state index is 12.8. The van der Waals surface area contributed by atoms with Crippen molar-refractivity contribution in [3.05, 3.63) is 83.3 Å². The number of methoxy groups -OCH3 is 1. The Balaban J connectivity index is 1.71. The van der Waals surface area contributed by atoms with Crippen LogP contribution < -0.4 is 10.1 Å². The molecule has 2 N–H and O–H groups in total. The molecule has 142 valence electrons. The molecule has 4 nitrogen and oxygen atoms in total. The normalized spacial score (nSPS) is 14.7. The van der Waals surface area contributed by atoms with Crippen LogP contribution in [0.25, 0.3) is 28.2 Å². The second kappa shape index (κ2) is 7.18. The average molecular weight is 398 g/mol. The van der Waals surface area contributed by atoms with E-state index in [0.717, 1.165) is 44.1 Å². The third-order valence-corrected chi connectivity index (χ3v) is 6.06. The summed E-state index contributed by atoms with van der Waals surface area (Å²) in [7, 11) is 1.66. The summed E-state index contributed by atoms with van der Waals surface area (Å²) in [5, 5.41) is 4.01. The summed E-state index contributed by atoms with van der Waals surface area (Å²) in [4.78, 5) is 18.0. The van der Waals surface area contributed by atoms with E-state index in [1.807, 2.05) is 66.7 Å². The molecule has 0 unspecified atom stereocenters. The number of H-pyrrole nitrogens is 1. The topological polar surface area (TPSA) is 54.1 Å². The molecule has 4 aromatic rings. The molecule has 5 rings (SSSR count). The van der Waals surface area contributed by atoms with E-state index >= 15 is 0 Å². The minimum absolute atomic E-state index is 0.0926. The first-order valence-corrected chi connectivity index (χ1v) is 10.1. The second-order valence-corrected chi connectivity index (χ2v) is 7.84. The number of hydrogen-bond donors (Lipinski definition) is 2. The summed E-state index contributed by atoms with van der Waals surface area (Å²) in [6.07, 6.45) is 1.97. The SMILES string of the molecule is COc1ccc2[nH]c(-c3ccccc3)c(/C=C3\Sc4ccccc4NC3=O)c2c1. The first kappa shape index (κ1) is 17.6. The van der Waals surface area contributed by atoms with Crippen molar-refractivity contribution in [1.29, 1.82) is 0 Å². The molecule has 1 aromatic heterocycles. The lowest BCUT2D eigenvalue weighted by atomic mass is 10.0. The molecule has 1 amide bonds. The predicted molar refractivity (Wildman–Crippen MR) is 119 cm³/mol. The molecular weight excluding hydrogens is 380 g/mol. The molecule has 1 aliphatic rings. The Morgan fingerprint density at radius 3 is 2.59 bits per heavy atom. The lowest BCUT2D eigenvalue weighted by Crippen LogP contribution is -2.17. The lowest BCUT2D eigenvalue weighted by molar-refractivity contribution is -0.112. The molecule has 0 atom stereocenters. The number of carbonyl (C=O) groups is 1. The van der Waals surface area contributed by atoms with Crippen molar-refractivity contribution in [2.45, 2.75) is 4.90 Å². The molecule has 0 saturated carbocycles. The van der Waals surface area contributed by atoms with Gasteiger partial charge in [-0.2, -0.15) is 0 Å². The highest BCUT2D eigenvalue weighted by Gasteiger charge is 2.22. The molecule has 0 spiro atoms. The number of hydrogen-bond acceptors (Lipinski definition) is 3. The molecule has 0 aliphatic carbocycles. The fourth-order valence-corrected chi connectivity index (χ4v) is 4.47. The van der Waals surface area contributed by atoms with Crippen LogP contribution in [0.1, 0.15) is 5.56 Å². The van der Waals surface area contributed by atoms with Crippen LogP contribution in [0.15, 0.2) is 82.6 Å². The van der Waals surface area contributed by atoms with E-state index in [0.29, 0.717) is 4.91 Å². The molecule has 0 fully saturated rings. The average Bonchev–Trinajstić information content (AvgIpc) is 3.12. The quantitative estimate of drug-likeness (QED) is 0.421. The van der Waals surface area contributed by atoms with Gasteiger partial charge in [-0.25, -0.2) is 0 Å². The largest absolute Gasteiger partial charge is 0.497 e. The van der Waals surface area contributed by atoms with Gasteiger partial charge in [0.2, 0.25) is 0 Å². The minimum atomic E-state index is -0.0926. The lowest BCUT2D eigenvalue weighted by Gasteiger charge is -2.18. The van der Waals surface area contributed by atoms with Crippen LogP contribution in [0.3, 0.4) is 0 Å². The van der Waals surface area contributed by atoms with Gasteiger partial charge in [-0.05, 0) is 42.0 Å². The molecule has 29 heavy (non-hydrogen) atoms. The van der Waals surface area contributed by atoms with Crippen molar-refractivity contribution in [2.24, 2.45) is 0 Å². The number of para-hydroxylation sites is 1. The van der Waals surface area contributed by atoms with Crippen LogP contribution in [0.4, 0.5) is 5.69 Å². The smallest absolute Gasteiger partial charge is 0.262 e. The minimum Gasteiger partial charge on any atom is -0.497 e. The fraction of sp³-hybridized carbons (Fsp3) is 0.0417. The van der Waals surface area contributed by atoms with Crippen molar-refractivity contribution < 1.29 is 9.53 Å². The van der Waals surface area contributed by atoms with E-state index in [1.165, 1.54) is 11.8 Å². The Kier molecular flexibility index (Phi) is 4.37. The van der Waals surface area contributed by atoms with Gasteiger partial charge in [-0.1, -0.05) is 54.2 Å². The Bertz CT molecular complexity index is 1260. The molecular formula is C24H18N2O2S. The summed E-state index contributed by atoms with van der Waals surface area (Å²) in [5.41, 5.74) is 4.87. The number of benzene rings is 3. The zero-order valence-corrected chi connectivity index (χ0v) is 16.5. The Morgan fingerprint density at radius 2 is 1.76 bits per heavy atom. The van der Waals surface area contributed by atoms with E-state index in [9.17, 15) is 4.79 Å². The number of ether oxygens (including phenoxy) is 1. The van der Waals surface area contributed by atoms with Gasteiger partial charge in [0.1, 0.15) is 5.75 Å². The number of anilines is 1. The van der Waals surface area contributed by atoms with Crippen LogP contribution in [0.5, 0.6) is 5.75 Å². The zero-order valence-electron chi connectivity index (χ0n) is 15.7. The fourth-order valence-electron chi connectivity index (χ4n) is 3.53. The van der Waals surface area contributed by atoms with E-state index in [2.05, 4.69) is 22.4 Å². The number of fused-ring (bicyclic) bond motifs is 2. The van der Waals surface area contributed by atoms with Crippen molar-refractivity contribution in [1.82, 2.24) is 4.98 Å². The molecule has 3 aromatic carbocycles.